The predicted octanol–water partition coefficient (Wildman–Crippen LogP) is 5.58. The zero-order valence-corrected chi connectivity index (χ0v) is 32.6. The van der Waals surface area contributed by atoms with Crippen LogP contribution in [0.15, 0.2) is 41.5 Å². The van der Waals surface area contributed by atoms with E-state index < -0.39 is 50.1 Å². The second-order valence-corrected chi connectivity index (χ2v) is 14.4. The number of rotatable bonds is 13. The van der Waals surface area contributed by atoms with Crippen molar-refractivity contribution >= 4 is 65.9 Å². The number of alkyl halides is 1. The number of nitrogens with zero attached hydrogens (tertiary/aromatic N) is 2. The van der Waals surface area contributed by atoms with Gasteiger partial charge in [0, 0.05) is 24.3 Å². The molecule has 17 heteroatoms. The number of aryl methyl sites for hydroxylation is 2. The molecule has 4 rings (SSSR count). The summed E-state index contributed by atoms with van der Waals surface area (Å²) >= 11 is 11.7. The Morgan fingerprint density at radius 2 is 1.75 bits per heavy atom. The maximum Gasteiger partial charge on any atom is 0.339 e. The Hall–Kier alpha value is -3.80. The van der Waals surface area contributed by atoms with E-state index in [1.165, 1.54) is 6.07 Å². The van der Waals surface area contributed by atoms with Crippen LogP contribution in [0, 0.1) is 25.1 Å². The molecule has 0 saturated heterocycles. The fourth-order valence-corrected chi connectivity index (χ4v) is 6.32. The van der Waals surface area contributed by atoms with Crippen LogP contribution in [-0.2, 0) is 34.9 Å². The average Bonchev–Trinajstić information content (AvgIpc) is 3.35. The van der Waals surface area contributed by atoms with E-state index >= 15 is 0 Å². The van der Waals surface area contributed by atoms with Crippen LogP contribution in [0.25, 0.3) is 0 Å². The smallest absolute Gasteiger partial charge is 0.339 e. The minimum absolute atomic E-state index is 0.0223. The minimum atomic E-state index is -4.10. The van der Waals surface area contributed by atoms with Crippen molar-refractivity contribution in [3.05, 3.63) is 63.4 Å². The molecule has 2 aromatic rings. The Bertz CT molecular complexity index is 1750. The van der Waals surface area contributed by atoms with Gasteiger partial charge in [0.25, 0.3) is 11.8 Å². The summed E-state index contributed by atoms with van der Waals surface area (Å²) < 4.78 is 35.1. The number of halogens is 3. The molecule has 2 atom stereocenters. The second-order valence-electron chi connectivity index (χ2n) is 12.1. The second kappa shape index (κ2) is 21.2. The van der Waals surface area contributed by atoms with Gasteiger partial charge in [-0.3, -0.25) is 29.1 Å². The molecule has 2 aromatic carbocycles. The van der Waals surface area contributed by atoms with Crippen molar-refractivity contribution in [3.8, 4) is 18.1 Å². The van der Waals surface area contributed by atoms with Crippen molar-refractivity contribution in [1.82, 2.24) is 5.32 Å². The number of aliphatic carboxylic acids is 1. The number of terminal acetylenes is 1. The number of carbonyl (C=O) groups is 4. The van der Waals surface area contributed by atoms with Gasteiger partial charge in [-0.15, -0.1) is 18.0 Å². The van der Waals surface area contributed by atoms with E-state index in [-0.39, 0.29) is 34.3 Å². The van der Waals surface area contributed by atoms with E-state index in [4.69, 9.17) is 54.0 Å². The lowest BCUT2D eigenvalue weighted by Gasteiger charge is -2.31. The van der Waals surface area contributed by atoms with Crippen LogP contribution in [0.5, 0.6) is 5.75 Å². The Morgan fingerprint density at radius 1 is 1.15 bits per heavy atom. The number of benzene rings is 2. The third kappa shape index (κ3) is 12.9. The van der Waals surface area contributed by atoms with Crippen LogP contribution in [0.2, 0.25) is 5.02 Å². The molecule has 3 amide bonds. The van der Waals surface area contributed by atoms with Crippen molar-refractivity contribution in [2.45, 2.75) is 71.9 Å². The SMILES string of the molecule is C#CC(C)Oc1cc(N2C(=O)C3=C(CCCC3)C2=O)c(F)cc1Cl.CCc1cccc(C)c1N(C(=O)CCl)C(C)COC.O=C(O)CNCP(=O)(O)O. The first-order valence-electron chi connectivity index (χ1n) is 16.6. The lowest BCUT2D eigenvalue weighted by atomic mass is 9.93. The van der Waals surface area contributed by atoms with Gasteiger partial charge in [0.1, 0.15) is 17.4 Å². The van der Waals surface area contributed by atoms with Crippen molar-refractivity contribution in [2.75, 3.05) is 42.2 Å². The number of amides is 3. The Kier molecular flexibility index (Phi) is 18.1. The summed E-state index contributed by atoms with van der Waals surface area (Å²) in [7, 11) is -2.46. The molecule has 1 aliphatic heterocycles. The molecule has 1 aliphatic carbocycles. The summed E-state index contributed by atoms with van der Waals surface area (Å²) in [5, 5.41) is 10.1. The van der Waals surface area contributed by atoms with Crippen LogP contribution in [0.4, 0.5) is 15.8 Å². The third-order valence-electron chi connectivity index (χ3n) is 7.94. The number of methoxy groups -OCH3 is 1. The van der Waals surface area contributed by atoms with Crippen molar-refractivity contribution < 1.29 is 52.5 Å². The van der Waals surface area contributed by atoms with Gasteiger partial charge in [0.15, 0.2) is 6.10 Å². The molecule has 0 fully saturated rings. The van der Waals surface area contributed by atoms with E-state index in [9.17, 15) is 28.1 Å². The highest BCUT2D eigenvalue weighted by molar-refractivity contribution is 7.51. The first-order chi connectivity index (χ1) is 24.9. The fourth-order valence-electron chi connectivity index (χ4n) is 5.59. The fraction of sp³-hybridized carbons (Fsp3) is 0.444. The van der Waals surface area contributed by atoms with E-state index in [0.29, 0.717) is 30.6 Å². The molecule has 0 aromatic heterocycles. The van der Waals surface area contributed by atoms with Gasteiger partial charge in [-0.2, -0.15) is 0 Å². The van der Waals surface area contributed by atoms with Gasteiger partial charge in [-0.25, -0.2) is 9.29 Å². The molecule has 1 heterocycles. The summed E-state index contributed by atoms with van der Waals surface area (Å²) in [5.41, 5.74) is 4.02. The summed E-state index contributed by atoms with van der Waals surface area (Å²) in [5.74, 6) is -0.448. The van der Waals surface area contributed by atoms with Gasteiger partial charge < -0.3 is 29.3 Å². The largest absolute Gasteiger partial charge is 0.480 e. The zero-order valence-electron chi connectivity index (χ0n) is 30.2. The number of para-hydroxylation sites is 1. The normalized spacial score (nSPS) is 14.9. The van der Waals surface area contributed by atoms with Crippen molar-refractivity contribution in [1.29, 1.82) is 0 Å². The molecular weight excluding hydrogens is 755 g/mol. The van der Waals surface area contributed by atoms with Crippen LogP contribution in [0.3, 0.4) is 0 Å². The minimum Gasteiger partial charge on any atom is -0.480 e. The number of anilines is 2. The number of hydrogen-bond donors (Lipinski definition) is 4. The monoisotopic (exact) mass is 799 g/mol. The molecule has 53 heavy (non-hydrogen) atoms. The van der Waals surface area contributed by atoms with Gasteiger partial charge in [-0.05, 0) is 70.1 Å². The molecular formula is C36H45Cl2FN3O10P. The summed E-state index contributed by atoms with van der Waals surface area (Å²) in [6.07, 6.45) is 7.75. The predicted molar refractivity (Wildman–Crippen MR) is 201 cm³/mol. The van der Waals surface area contributed by atoms with E-state index in [0.717, 1.165) is 47.0 Å². The molecule has 4 N–H and O–H groups in total. The van der Waals surface area contributed by atoms with E-state index in [2.05, 4.69) is 24.2 Å². The quantitative estimate of drug-likeness (QED) is 0.0859. The van der Waals surface area contributed by atoms with Crippen LogP contribution in [0.1, 0.15) is 57.6 Å². The Morgan fingerprint density at radius 3 is 2.25 bits per heavy atom. The standard InChI is InChI=1S/C18H15ClFNO3.C15H22ClNO2.C3H8NO5P/c1-3-10(2)24-16-9-15(14(20)8-13(16)19)21-17(22)11-6-4-5-7-12(11)18(21)23;1-5-13-8-6-7-11(2)15(13)17(14(18)9-16)12(3)10-19-4;5-3(6)1-4-2-10(7,8)9/h1,8-10H,4-7H2,2H3;6-8,12H,5,9-10H2,1-4H3;4H,1-2H2,(H,5,6)(H2,7,8,9). The summed E-state index contributed by atoms with van der Waals surface area (Å²) in [4.78, 5) is 66.1. The van der Waals surface area contributed by atoms with Crippen LogP contribution in [-0.4, -0.2) is 83.2 Å². The highest BCUT2D eigenvalue weighted by atomic mass is 35.5. The summed E-state index contributed by atoms with van der Waals surface area (Å²) in [6.45, 7) is 7.75. The summed E-state index contributed by atoms with van der Waals surface area (Å²) in [6, 6.07) is 8.32. The maximum atomic E-state index is 14.4. The number of carboxylic acids is 1. The lowest BCUT2D eigenvalue weighted by molar-refractivity contribution is -0.136. The highest BCUT2D eigenvalue weighted by Crippen LogP contribution is 2.40. The molecule has 2 aliphatic rings. The lowest BCUT2D eigenvalue weighted by Crippen LogP contribution is -2.43. The third-order valence-corrected chi connectivity index (χ3v) is 9.10. The Labute approximate surface area is 318 Å². The Balaban J connectivity index is 0.000000300. The number of hydrogen-bond acceptors (Lipinski definition) is 8. The molecule has 290 valence electrons. The number of nitrogens with one attached hydrogen (secondary N) is 1. The first-order valence-corrected chi connectivity index (χ1v) is 19.3. The van der Waals surface area contributed by atoms with Gasteiger partial charge in [0.2, 0.25) is 5.91 Å². The van der Waals surface area contributed by atoms with Crippen LogP contribution < -0.4 is 19.9 Å². The molecule has 0 spiro atoms. The topological polar surface area (TPSA) is 183 Å². The number of imide groups is 1. The first kappa shape index (κ1) is 45.4. The zero-order chi connectivity index (χ0) is 40.0. The number of ether oxygens (including phenoxy) is 2. The van der Waals surface area contributed by atoms with Crippen molar-refractivity contribution in [3.63, 3.8) is 0 Å². The van der Waals surface area contributed by atoms with Crippen LogP contribution >= 0.6 is 30.8 Å². The van der Waals surface area contributed by atoms with Gasteiger partial charge in [0.05, 0.1) is 41.9 Å². The highest BCUT2D eigenvalue weighted by Gasteiger charge is 2.41. The average molecular weight is 801 g/mol. The van der Waals surface area contributed by atoms with E-state index in [1.807, 2.05) is 26.0 Å². The molecule has 0 saturated carbocycles. The van der Waals surface area contributed by atoms with Gasteiger partial charge in [-0.1, -0.05) is 42.6 Å². The molecule has 0 bridgehead atoms. The van der Waals surface area contributed by atoms with Gasteiger partial charge >= 0.3 is 13.6 Å². The van der Waals surface area contributed by atoms with E-state index in [1.54, 1.807) is 18.9 Å². The molecule has 2 unspecified atom stereocenters. The molecule has 0 radical (unpaired) electrons. The molecule has 13 nitrogen and oxygen atoms in total. The number of carboxylic acid groups (broad SMARTS) is 1. The number of carbonyl (C=O) groups excluding carboxylic acids is 3. The van der Waals surface area contributed by atoms with Crippen molar-refractivity contribution in [2.24, 2.45) is 0 Å². The maximum absolute atomic E-state index is 14.4.